The number of benzene rings is 1. The van der Waals surface area contributed by atoms with Crippen molar-refractivity contribution in [1.82, 2.24) is 0 Å². The molecule has 2 N–H and O–H groups in total. The Morgan fingerprint density at radius 2 is 2.18 bits per heavy atom. The van der Waals surface area contributed by atoms with Crippen LogP contribution in [0.3, 0.4) is 0 Å². The van der Waals surface area contributed by atoms with Crippen LogP contribution in [0.4, 0.5) is 5.69 Å². The van der Waals surface area contributed by atoms with Crippen molar-refractivity contribution in [3.63, 3.8) is 0 Å². The molecule has 0 saturated heterocycles. The number of aromatic hydroxyl groups is 1. The standard InChI is InChI=1S/C12H10ClNO2S/c1-7-4-5-17-11(7)12(16)14-10-3-2-8(15)6-9(10)13/h2-6,15H,1H3,(H,14,16). The maximum absolute atomic E-state index is 11.9. The van der Waals surface area contributed by atoms with Gasteiger partial charge in [0.05, 0.1) is 15.6 Å². The summed E-state index contributed by atoms with van der Waals surface area (Å²) in [6.07, 6.45) is 0. The van der Waals surface area contributed by atoms with E-state index in [1.54, 1.807) is 6.07 Å². The van der Waals surface area contributed by atoms with Gasteiger partial charge in [-0.3, -0.25) is 4.79 Å². The van der Waals surface area contributed by atoms with E-state index < -0.39 is 0 Å². The van der Waals surface area contributed by atoms with Crippen molar-refractivity contribution in [1.29, 1.82) is 0 Å². The number of aryl methyl sites for hydroxylation is 1. The van der Waals surface area contributed by atoms with Crippen LogP contribution in [-0.2, 0) is 0 Å². The fourth-order valence-corrected chi connectivity index (χ4v) is 2.43. The normalized spacial score (nSPS) is 10.2. The molecule has 1 aromatic heterocycles. The minimum absolute atomic E-state index is 0.0697. The van der Waals surface area contributed by atoms with Gasteiger partial charge in [0.25, 0.3) is 5.91 Å². The van der Waals surface area contributed by atoms with Crippen molar-refractivity contribution in [2.45, 2.75) is 6.92 Å². The lowest BCUT2D eigenvalue weighted by atomic mass is 10.2. The zero-order chi connectivity index (χ0) is 12.4. The third-order valence-electron chi connectivity index (χ3n) is 2.27. The average molecular weight is 268 g/mol. The smallest absolute Gasteiger partial charge is 0.266 e. The summed E-state index contributed by atoms with van der Waals surface area (Å²) in [5.41, 5.74) is 1.42. The van der Waals surface area contributed by atoms with Crippen LogP contribution in [0, 0.1) is 6.92 Å². The molecule has 0 atom stereocenters. The Balaban J connectivity index is 2.22. The average Bonchev–Trinajstić information content (AvgIpc) is 2.68. The van der Waals surface area contributed by atoms with E-state index in [1.807, 2.05) is 18.4 Å². The Morgan fingerprint density at radius 1 is 1.41 bits per heavy atom. The van der Waals surface area contributed by atoms with Crippen LogP contribution in [0.5, 0.6) is 5.75 Å². The number of nitrogens with one attached hydrogen (secondary N) is 1. The molecule has 5 heteroatoms. The van der Waals surface area contributed by atoms with E-state index in [4.69, 9.17) is 11.6 Å². The molecule has 0 aliphatic rings. The molecule has 0 radical (unpaired) electrons. The molecule has 0 saturated carbocycles. The Hall–Kier alpha value is -1.52. The molecule has 0 fully saturated rings. The first-order valence-corrected chi connectivity index (χ1v) is 6.17. The number of carbonyl (C=O) groups is 1. The zero-order valence-electron chi connectivity index (χ0n) is 9.03. The third-order valence-corrected chi connectivity index (χ3v) is 3.60. The summed E-state index contributed by atoms with van der Waals surface area (Å²) in [4.78, 5) is 12.6. The first kappa shape index (κ1) is 12.0. The van der Waals surface area contributed by atoms with Crippen LogP contribution in [0.1, 0.15) is 15.2 Å². The van der Waals surface area contributed by atoms with E-state index >= 15 is 0 Å². The highest BCUT2D eigenvalue weighted by Gasteiger charge is 2.12. The van der Waals surface area contributed by atoms with E-state index in [0.717, 1.165) is 5.56 Å². The highest BCUT2D eigenvalue weighted by molar-refractivity contribution is 7.12. The second-order valence-electron chi connectivity index (χ2n) is 3.55. The molecule has 1 amide bonds. The van der Waals surface area contributed by atoms with Gasteiger partial charge in [-0.15, -0.1) is 11.3 Å². The first-order valence-electron chi connectivity index (χ1n) is 4.92. The van der Waals surface area contributed by atoms with Gasteiger partial charge in [-0.1, -0.05) is 11.6 Å². The van der Waals surface area contributed by atoms with E-state index in [-0.39, 0.29) is 11.7 Å². The Kier molecular flexibility index (Phi) is 3.36. The third kappa shape index (κ3) is 2.60. The molecular weight excluding hydrogens is 258 g/mol. The number of amides is 1. The molecule has 17 heavy (non-hydrogen) atoms. The summed E-state index contributed by atoms with van der Waals surface area (Å²) in [5.74, 6) is -0.120. The summed E-state index contributed by atoms with van der Waals surface area (Å²) >= 11 is 7.28. The van der Waals surface area contributed by atoms with Crippen molar-refractivity contribution < 1.29 is 9.90 Å². The molecule has 2 aromatic rings. The maximum atomic E-state index is 11.9. The molecular formula is C12H10ClNO2S. The Labute approximate surface area is 108 Å². The minimum atomic E-state index is -0.190. The molecule has 0 unspecified atom stereocenters. The van der Waals surface area contributed by atoms with Gasteiger partial charge in [0.2, 0.25) is 0 Å². The van der Waals surface area contributed by atoms with Crippen LogP contribution in [0.15, 0.2) is 29.6 Å². The molecule has 0 aliphatic carbocycles. The zero-order valence-corrected chi connectivity index (χ0v) is 10.6. The number of phenols is 1. The fraction of sp³-hybridized carbons (Fsp3) is 0.0833. The van der Waals surface area contributed by atoms with Gasteiger partial charge in [0.15, 0.2) is 0 Å². The first-order chi connectivity index (χ1) is 8.08. The molecule has 0 aliphatic heterocycles. The number of anilines is 1. The fourth-order valence-electron chi connectivity index (χ4n) is 1.39. The summed E-state index contributed by atoms with van der Waals surface area (Å²) < 4.78 is 0. The van der Waals surface area contributed by atoms with Crippen LogP contribution in [-0.4, -0.2) is 11.0 Å². The molecule has 0 spiro atoms. The van der Waals surface area contributed by atoms with Crippen molar-refractivity contribution in [2.24, 2.45) is 0 Å². The number of rotatable bonds is 2. The summed E-state index contributed by atoms with van der Waals surface area (Å²) in [6.45, 7) is 1.88. The van der Waals surface area contributed by atoms with E-state index in [1.165, 1.54) is 23.5 Å². The quantitative estimate of drug-likeness (QED) is 0.816. The predicted octanol–water partition coefficient (Wildman–Crippen LogP) is 3.67. The van der Waals surface area contributed by atoms with Crippen molar-refractivity contribution >= 4 is 34.5 Å². The lowest BCUT2D eigenvalue weighted by Crippen LogP contribution is -2.11. The van der Waals surface area contributed by atoms with Gasteiger partial charge in [0, 0.05) is 6.07 Å². The van der Waals surface area contributed by atoms with Crippen LogP contribution in [0.25, 0.3) is 0 Å². The second kappa shape index (κ2) is 4.77. The van der Waals surface area contributed by atoms with Crippen LogP contribution >= 0.6 is 22.9 Å². The van der Waals surface area contributed by atoms with E-state index in [0.29, 0.717) is 15.6 Å². The maximum Gasteiger partial charge on any atom is 0.266 e. The SMILES string of the molecule is Cc1ccsc1C(=O)Nc1ccc(O)cc1Cl. The van der Waals surface area contributed by atoms with Crippen LogP contribution in [0.2, 0.25) is 5.02 Å². The summed E-state index contributed by atoms with van der Waals surface area (Å²) in [5, 5.41) is 14.1. The van der Waals surface area contributed by atoms with Gasteiger partial charge in [-0.05, 0) is 36.1 Å². The highest BCUT2D eigenvalue weighted by atomic mass is 35.5. The van der Waals surface area contributed by atoms with Gasteiger partial charge in [-0.2, -0.15) is 0 Å². The predicted molar refractivity (Wildman–Crippen MR) is 70.1 cm³/mol. The van der Waals surface area contributed by atoms with Crippen molar-refractivity contribution in [3.8, 4) is 5.75 Å². The number of hydrogen-bond acceptors (Lipinski definition) is 3. The molecule has 1 aromatic carbocycles. The van der Waals surface area contributed by atoms with Gasteiger partial charge in [-0.25, -0.2) is 0 Å². The molecule has 88 valence electrons. The molecule has 3 nitrogen and oxygen atoms in total. The van der Waals surface area contributed by atoms with Gasteiger partial charge in [0.1, 0.15) is 5.75 Å². The number of phenolic OH excluding ortho intramolecular Hbond substituents is 1. The lowest BCUT2D eigenvalue weighted by Gasteiger charge is -2.06. The van der Waals surface area contributed by atoms with Gasteiger partial charge >= 0.3 is 0 Å². The van der Waals surface area contributed by atoms with Crippen molar-refractivity contribution in [2.75, 3.05) is 5.32 Å². The summed E-state index contributed by atoms with van der Waals surface area (Å²) in [7, 11) is 0. The van der Waals surface area contributed by atoms with Crippen molar-refractivity contribution in [3.05, 3.63) is 45.1 Å². The lowest BCUT2D eigenvalue weighted by molar-refractivity contribution is 0.103. The number of hydrogen-bond donors (Lipinski definition) is 2. The minimum Gasteiger partial charge on any atom is -0.508 e. The van der Waals surface area contributed by atoms with Gasteiger partial charge < -0.3 is 10.4 Å². The van der Waals surface area contributed by atoms with E-state index in [2.05, 4.69) is 5.32 Å². The Morgan fingerprint density at radius 3 is 2.76 bits per heavy atom. The topological polar surface area (TPSA) is 49.3 Å². The highest BCUT2D eigenvalue weighted by Crippen LogP contribution is 2.27. The molecule has 2 rings (SSSR count). The molecule has 0 bridgehead atoms. The monoisotopic (exact) mass is 267 g/mol. The molecule has 1 heterocycles. The Bertz CT molecular complexity index is 565. The second-order valence-corrected chi connectivity index (χ2v) is 4.87. The number of carbonyl (C=O) groups excluding carboxylic acids is 1. The number of halogens is 1. The van der Waals surface area contributed by atoms with Crippen LogP contribution < -0.4 is 5.32 Å². The summed E-state index contributed by atoms with van der Waals surface area (Å²) in [6, 6.07) is 6.32. The largest absolute Gasteiger partial charge is 0.508 e. The number of thiophene rings is 1. The van der Waals surface area contributed by atoms with E-state index in [9.17, 15) is 9.90 Å².